The molecule has 0 amide bonds. The van der Waals surface area contributed by atoms with Gasteiger partial charge in [-0.05, 0) is 25.3 Å². The number of hydrogen-bond acceptors (Lipinski definition) is 5. The highest BCUT2D eigenvalue weighted by Crippen LogP contribution is 2.51. The second-order valence-electron chi connectivity index (χ2n) is 6.89. The van der Waals surface area contributed by atoms with E-state index in [0.717, 1.165) is 55.7 Å². The fourth-order valence-electron chi connectivity index (χ4n) is 4.49. The van der Waals surface area contributed by atoms with E-state index in [1.165, 1.54) is 0 Å². The van der Waals surface area contributed by atoms with Crippen LogP contribution in [-0.4, -0.2) is 42.9 Å². The number of nitrogens with zero attached hydrogens (tertiary/aromatic N) is 2. The minimum atomic E-state index is -0.625. The van der Waals surface area contributed by atoms with Crippen LogP contribution in [-0.2, 0) is 0 Å². The van der Waals surface area contributed by atoms with Crippen LogP contribution in [0.5, 0.6) is 11.5 Å². The number of hydrogen-bond donors (Lipinski definition) is 1. The largest absolute Gasteiger partial charge is 0.497 e. The summed E-state index contributed by atoms with van der Waals surface area (Å²) >= 11 is 0. The van der Waals surface area contributed by atoms with Crippen molar-refractivity contribution in [1.29, 1.82) is 5.26 Å². The maximum atomic E-state index is 11.2. The molecule has 1 saturated carbocycles. The monoisotopic (exact) mass is 330 g/mol. The molecule has 3 atom stereocenters. The molecule has 2 fully saturated rings. The van der Waals surface area contributed by atoms with Crippen LogP contribution in [0.1, 0.15) is 43.7 Å². The number of fused-ring (bicyclic) bond motifs is 1. The Kier molecular flexibility index (Phi) is 4.98. The highest BCUT2D eigenvalue weighted by Gasteiger charge is 2.49. The lowest BCUT2D eigenvalue weighted by atomic mass is 9.66. The summed E-state index contributed by atoms with van der Waals surface area (Å²) in [5.74, 6) is 1.64. The second-order valence-corrected chi connectivity index (χ2v) is 6.89. The second kappa shape index (κ2) is 7.00. The van der Waals surface area contributed by atoms with E-state index in [2.05, 4.69) is 11.0 Å². The van der Waals surface area contributed by atoms with Crippen molar-refractivity contribution in [2.45, 2.75) is 43.7 Å². The summed E-state index contributed by atoms with van der Waals surface area (Å²) in [5.41, 5.74) is 0.415. The fraction of sp³-hybridized carbons (Fsp3) is 0.632. The number of aliphatic hydroxyl groups is 1. The number of nitriles is 1. The van der Waals surface area contributed by atoms with E-state index in [-0.39, 0.29) is 12.0 Å². The summed E-state index contributed by atoms with van der Waals surface area (Å²) in [6.45, 7) is 1.10. The molecule has 1 N–H and O–H groups in total. The molecule has 0 unspecified atom stereocenters. The van der Waals surface area contributed by atoms with E-state index < -0.39 is 5.60 Å². The van der Waals surface area contributed by atoms with Gasteiger partial charge in [-0.2, -0.15) is 5.26 Å². The number of benzene rings is 1. The molecule has 1 saturated heterocycles. The summed E-state index contributed by atoms with van der Waals surface area (Å²) in [5, 5.41) is 20.4. The first-order valence-electron chi connectivity index (χ1n) is 8.68. The lowest BCUT2D eigenvalue weighted by Gasteiger charge is -2.52. The molecule has 0 bridgehead atoms. The standard InChI is InChI=1S/C19H26N2O3/c1-23-14-6-7-15(17(13-14)24-2)18-16-5-3-4-8-19(16,22)9-11-21(18)12-10-20/h6-7,13,16,18,22H,3-5,8-9,11-12H2,1-2H3/t16-,18+,19+/m0/s1. The van der Waals surface area contributed by atoms with Gasteiger partial charge in [0.25, 0.3) is 0 Å². The van der Waals surface area contributed by atoms with E-state index in [0.29, 0.717) is 6.54 Å². The Morgan fingerprint density at radius 2 is 2.12 bits per heavy atom. The van der Waals surface area contributed by atoms with Crippen molar-refractivity contribution in [3.05, 3.63) is 23.8 Å². The summed E-state index contributed by atoms with van der Waals surface area (Å²) in [6, 6.07) is 8.12. The van der Waals surface area contributed by atoms with Crippen LogP contribution in [0.2, 0.25) is 0 Å². The maximum Gasteiger partial charge on any atom is 0.127 e. The number of ether oxygens (including phenoxy) is 2. The smallest absolute Gasteiger partial charge is 0.127 e. The van der Waals surface area contributed by atoms with Crippen molar-refractivity contribution >= 4 is 0 Å². The number of rotatable bonds is 4. The predicted molar refractivity (Wildman–Crippen MR) is 91.0 cm³/mol. The molecule has 1 heterocycles. The van der Waals surface area contributed by atoms with Crippen molar-refractivity contribution in [3.8, 4) is 17.6 Å². The van der Waals surface area contributed by atoms with E-state index in [1.54, 1.807) is 14.2 Å². The molecule has 130 valence electrons. The summed E-state index contributed by atoms with van der Waals surface area (Å²) in [7, 11) is 3.29. The molecule has 1 aliphatic carbocycles. The Balaban J connectivity index is 2.04. The van der Waals surface area contributed by atoms with E-state index in [4.69, 9.17) is 9.47 Å². The van der Waals surface area contributed by atoms with Crippen molar-refractivity contribution in [2.24, 2.45) is 5.92 Å². The number of piperidine rings is 1. The molecule has 0 radical (unpaired) electrons. The summed E-state index contributed by atoms with van der Waals surface area (Å²) in [4.78, 5) is 2.19. The fourth-order valence-corrected chi connectivity index (χ4v) is 4.49. The third-order valence-corrected chi connectivity index (χ3v) is 5.70. The maximum absolute atomic E-state index is 11.2. The van der Waals surface area contributed by atoms with E-state index in [9.17, 15) is 10.4 Å². The molecule has 3 rings (SSSR count). The number of methoxy groups -OCH3 is 2. The van der Waals surface area contributed by atoms with Gasteiger partial charge in [0.1, 0.15) is 11.5 Å². The lowest BCUT2D eigenvalue weighted by molar-refractivity contribution is -0.122. The van der Waals surface area contributed by atoms with Gasteiger partial charge in [-0.15, -0.1) is 0 Å². The molecular formula is C19H26N2O3. The lowest BCUT2D eigenvalue weighted by Crippen LogP contribution is -2.54. The average Bonchev–Trinajstić information content (AvgIpc) is 2.61. The molecule has 1 aromatic carbocycles. The first kappa shape index (κ1) is 17.1. The van der Waals surface area contributed by atoms with Crippen LogP contribution in [0, 0.1) is 17.2 Å². The van der Waals surface area contributed by atoms with Gasteiger partial charge in [0.05, 0.1) is 32.4 Å². The molecule has 1 aliphatic heterocycles. The predicted octanol–water partition coefficient (Wildman–Crippen LogP) is 2.90. The van der Waals surface area contributed by atoms with Gasteiger partial charge in [0.15, 0.2) is 0 Å². The highest BCUT2D eigenvalue weighted by atomic mass is 16.5. The third-order valence-electron chi connectivity index (χ3n) is 5.70. The average molecular weight is 330 g/mol. The Morgan fingerprint density at radius 1 is 1.29 bits per heavy atom. The molecule has 0 spiro atoms. The topological polar surface area (TPSA) is 65.7 Å². The van der Waals surface area contributed by atoms with Gasteiger partial charge in [-0.3, -0.25) is 4.90 Å². The molecule has 5 nitrogen and oxygen atoms in total. The van der Waals surface area contributed by atoms with Crippen LogP contribution in [0.25, 0.3) is 0 Å². The Hall–Kier alpha value is -1.77. The zero-order chi connectivity index (χ0) is 17.2. The minimum absolute atomic E-state index is 0.00422. The number of likely N-dealkylation sites (tertiary alicyclic amines) is 1. The van der Waals surface area contributed by atoms with Crippen LogP contribution < -0.4 is 9.47 Å². The Morgan fingerprint density at radius 3 is 2.83 bits per heavy atom. The summed E-state index contributed by atoms with van der Waals surface area (Å²) in [6.07, 6.45) is 4.79. The van der Waals surface area contributed by atoms with Crippen LogP contribution in [0.4, 0.5) is 0 Å². The Labute approximate surface area is 143 Å². The van der Waals surface area contributed by atoms with Crippen LogP contribution in [0.15, 0.2) is 18.2 Å². The van der Waals surface area contributed by atoms with Crippen molar-refractivity contribution in [3.63, 3.8) is 0 Å². The quantitative estimate of drug-likeness (QED) is 0.860. The van der Waals surface area contributed by atoms with Crippen molar-refractivity contribution in [1.82, 2.24) is 4.90 Å². The van der Waals surface area contributed by atoms with Crippen LogP contribution >= 0.6 is 0 Å². The van der Waals surface area contributed by atoms with Crippen molar-refractivity contribution in [2.75, 3.05) is 27.3 Å². The van der Waals surface area contributed by atoms with Gasteiger partial charge in [-0.1, -0.05) is 18.9 Å². The molecular weight excluding hydrogens is 304 g/mol. The zero-order valence-corrected chi connectivity index (χ0v) is 14.5. The zero-order valence-electron chi connectivity index (χ0n) is 14.5. The molecule has 1 aromatic rings. The molecule has 2 aliphatic rings. The minimum Gasteiger partial charge on any atom is -0.497 e. The SMILES string of the molecule is COc1ccc([C@@H]2[C@@H]3CCCC[C@@]3(O)CCN2CC#N)c(OC)c1. The Bertz CT molecular complexity index is 628. The normalized spacial score (nSPS) is 30.2. The first-order chi connectivity index (χ1) is 11.6. The van der Waals surface area contributed by atoms with Crippen molar-refractivity contribution < 1.29 is 14.6 Å². The highest BCUT2D eigenvalue weighted by molar-refractivity contribution is 5.43. The van der Waals surface area contributed by atoms with Gasteiger partial charge in [-0.25, -0.2) is 0 Å². The van der Waals surface area contributed by atoms with Crippen LogP contribution in [0.3, 0.4) is 0 Å². The first-order valence-corrected chi connectivity index (χ1v) is 8.68. The van der Waals surface area contributed by atoms with Gasteiger partial charge < -0.3 is 14.6 Å². The van der Waals surface area contributed by atoms with Gasteiger partial charge in [0.2, 0.25) is 0 Å². The molecule has 0 aromatic heterocycles. The van der Waals surface area contributed by atoms with E-state index >= 15 is 0 Å². The molecule has 24 heavy (non-hydrogen) atoms. The van der Waals surface area contributed by atoms with Gasteiger partial charge in [0, 0.05) is 30.1 Å². The van der Waals surface area contributed by atoms with Gasteiger partial charge >= 0.3 is 0 Å². The molecule has 5 heteroatoms. The summed E-state index contributed by atoms with van der Waals surface area (Å²) < 4.78 is 10.9. The van der Waals surface area contributed by atoms with E-state index in [1.807, 2.05) is 18.2 Å². The third kappa shape index (κ3) is 2.97.